The minimum atomic E-state index is -0.265. The van der Waals surface area contributed by atoms with Gasteiger partial charge in [-0.15, -0.1) is 0 Å². The van der Waals surface area contributed by atoms with Crippen molar-refractivity contribution < 1.29 is 9.53 Å². The fourth-order valence-electron chi connectivity index (χ4n) is 2.42. The summed E-state index contributed by atoms with van der Waals surface area (Å²) in [6, 6.07) is 0.304. The number of ether oxygens (including phenoxy) is 1. The van der Waals surface area contributed by atoms with Gasteiger partial charge < -0.3 is 10.1 Å². The quantitative estimate of drug-likeness (QED) is 0.685. The number of allylic oxidation sites excluding steroid dienone is 1. The predicted molar refractivity (Wildman–Crippen MR) is 53.9 cm³/mol. The van der Waals surface area contributed by atoms with Gasteiger partial charge in [-0.2, -0.15) is 0 Å². The summed E-state index contributed by atoms with van der Waals surface area (Å²) < 4.78 is 4.88. The van der Waals surface area contributed by atoms with Crippen LogP contribution in [0.25, 0.3) is 0 Å². The van der Waals surface area contributed by atoms with E-state index in [1.165, 1.54) is 12.8 Å². The molecule has 0 aromatic carbocycles. The number of hydrogen-bond acceptors (Lipinski definition) is 2. The molecule has 3 rings (SSSR count). The number of carbonyl (C=O) groups excluding carboxylic acids is 1. The second-order valence-corrected chi connectivity index (χ2v) is 4.09. The van der Waals surface area contributed by atoms with Gasteiger partial charge in [0.1, 0.15) is 0 Å². The zero-order valence-electron chi connectivity index (χ0n) is 8.53. The first-order valence-electron chi connectivity index (χ1n) is 5.41. The molecule has 3 nitrogen and oxygen atoms in total. The molecule has 0 aliphatic heterocycles. The van der Waals surface area contributed by atoms with E-state index in [1.807, 2.05) is 6.92 Å². The minimum absolute atomic E-state index is 0.265. The number of nitrogens with one attached hydrogen (secondary N) is 1. The number of carbonyl (C=O) groups is 1. The van der Waals surface area contributed by atoms with Crippen LogP contribution in [0.5, 0.6) is 0 Å². The highest BCUT2D eigenvalue weighted by Crippen LogP contribution is 2.36. The monoisotopic (exact) mass is 195 g/mol. The van der Waals surface area contributed by atoms with Crippen molar-refractivity contribution in [2.75, 3.05) is 6.61 Å². The van der Waals surface area contributed by atoms with E-state index < -0.39 is 0 Å². The number of alkyl carbamates (subject to hydrolysis) is 1. The third-order valence-electron chi connectivity index (χ3n) is 3.15. The van der Waals surface area contributed by atoms with Crippen LogP contribution in [0.3, 0.4) is 0 Å². The first-order chi connectivity index (χ1) is 6.79. The van der Waals surface area contributed by atoms with E-state index in [-0.39, 0.29) is 6.09 Å². The molecule has 2 bridgehead atoms. The van der Waals surface area contributed by atoms with Crippen molar-refractivity contribution in [1.29, 1.82) is 0 Å². The highest BCUT2D eigenvalue weighted by molar-refractivity contribution is 5.67. The van der Waals surface area contributed by atoms with Gasteiger partial charge in [0, 0.05) is 6.04 Å². The number of amides is 1. The third kappa shape index (κ3) is 1.91. The Labute approximate surface area is 84.5 Å². The van der Waals surface area contributed by atoms with Gasteiger partial charge in [0.25, 0.3) is 0 Å². The van der Waals surface area contributed by atoms with Crippen LogP contribution < -0.4 is 5.32 Å². The van der Waals surface area contributed by atoms with E-state index in [0.717, 1.165) is 6.42 Å². The molecule has 0 heterocycles. The van der Waals surface area contributed by atoms with Crippen LogP contribution >= 0.6 is 0 Å². The molecule has 1 saturated carbocycles. The summed E-state index contributed by atoms with van der Waals surface area (Å²) >= 11 is 0. The van der Waals surface area contributed by atoms with Crippen LogP contribution in [0.1, 0.15) is 26.2 Å². The zero-order chi connectivity index (χ0) is 9.97. The normalized spacial score (nSPS) is 34.2. The molecule has 0 spiro atoms. The van der Waals surface area contributed by atoms with Crippen molar-refractivity contribution in [3.63, 3.8) is 0 Å². The fourth-order valence-corrected chi connectivity index (χ4v) is 2.42. The van der Waals surface area contributed by atoms with E-state index in [4.69, 9.17) is 4.74 Å². The van der Waals surface area contributed by atoms with Crippen LogP contribution in [0, 0.1) is 11.8 Å². The van der Waals surface area contributed by atoms with Crippen LogP contribution in [0.2, 0.25) is 0 Å². The first-order valence-corrected chi connectivity index (χ1v) is 5.41. The molecule has 1 amide bonds. The van der Waals surface area contributed by atoms with Gasteiger partial charge in [0.15, 0.2) is 0 Å². The Hall–Kier alpha value is -0.990. The van der Waals surface area contributed by atoms with Crippen molar-refractivity contribution >= 4 is 6.09 Å². The number of rotatable bonds is 2. The summed E-state index contributed by atoms with van der Waals surface area (Å²) in [6.07, 6.45) is 7.84. The van der Waals surface area contributed by atoms with Crippen molar-refractivity contribution in [1.82, 2.24) is 5.32 Å². The van der Waals surface area contributed by atoms with Gasteiger partial charge in [-0.05, 0) is 38.0 Å². The largest absolute Gasteiger partial charge is 0.450 e. The summed E-state index contributed by atoms with van der Waals surface area (Å²) in [7, 11) is 0. The molecule has 0 saturated heterocycles. The maximum atomic E-state index is 11.2. The lowest BCUT2D eigenvalue weighted by molar-refractivity contribution is 0.137. The summed E-state index contributed by atoms with van der Waals surface area (Å²) in [5.74, 6) is 1.20. The molecule has 78 valence electrons. The van der Waals surface area contributed by atoms with E-state index in [0.29, 0.717) is 24.5 Å². The summed E-state index contributed by atoms with van der Waals surface area (Å²) in [5, 5.41) is 2.94. The summed E-state index contributed by atoms with van der Waals surface area (Å²) in [5.41, 5.74) is 0. The average Bonchev–Trinajstić information content (AvgIpc) is 2.19. The zero-order valence-corrected chi connectivity index (χ0v) is 8.53. The standard InChI is InChI=1S/C11H17NO2/c1-2-14-11(13)12-10-7-8-3-5-9(10)6-4-8/h3,5,8-10H,2,4,6-7H2,1H3,(H,12,13)/t8-,9-,10-/m0/s1. The molecule has 3 atom stereocenters. The van der Waals surface area contributed by atoms with E-state index in [1.54, 1.807) is 0 Å². The van der Waals surface area contributed by atoms with E-state index in [2.05, 4.69) is 17.5 Å². The number of fused-ring (bicyclic) bond motifs is 2. The summed E-state index contributed by atoms with van der Waals surface area (Å²) in [6.45, 7) is 2.27. The molecule has 0 aromatic heterocycles. The Kier molecular flexibility index (Phi) is 2.75. The first kappa shape index (κ1) is 9.56. The molecule has 0 aromatic rings. The van der Waals surface area contributed by atoms with Crippen LogP contribution in [0.4, 0.5) is 4.79 Å². The highest BCUT2D eigenvalue weighted by Gasteiger charge is 2.32. The number of hydrogen-bond donors (Lipinski definition) is 1. The van der Waals surface area contributed by atoms with E-state index >= 15 is 0 Å². The van der Waals surface area contributed by atoms with Crippen LogP contribution in [-0.2, 0) is 4.74 Å². The second kappa shape index (κ2) is 4.03. The molecule has 1 fully saturated rings. The molecule has 3 aliphatic carbocycles. The molecule has 14 heavy (non-hydrogen) atoms. The van der Waals surface area contributed by atoms with Gasteiger partial charge in [-0.25, -0.2) is 4.79 Å². The Morgan fingerprint density at radius 1 is 1.50 bits per heavy atom. The average molecular weight is 195 g/mol. The smallest absolute Gasteiger partial charge is 0.407 e. The van der Waals surface area contributed by atoms with Crippen molar-refractivity contribution in [2.24, 2.45) is 11.8 Å². The lowest BCUT2D eigenvalue weighted by atomic mass is 9.73. The molecule has 3 heteroatoms. The van der Waals surface area contributed by atoms with Crippen molar-refractivity contribution in [3.8, 4) is 0 Å². The SMILES string of the molecule is CCOC(=O)N[C@H]1C[C@H]2C=C[C@H]1CC2. The Bertz CT molecular complexity index is 250. The highest BCUT2D eigenvalue weighted by atomic mass is 16.5. The molecule has 0 unspecified atom stereocenters. The van der Waals surface area contributed by atoms with Crippen molar-refractivity contribution in [3.05, 3.63) is 12.2 Å². The predicted octanol–water partition coefficient (Wildman–Crippen LogP) is 2.09. The fraction of sp³-hybridized carbons (Fsp3) is 0.727. The van der Waals surface area contributed by atoms with Gasteiger partial charge in [-0.3, -0.25) is 0 Å². The van der Waals surface area contributed by atoms with E-state index in [9.17, 15) is 4.79 Å². The third-order valence-corrected chi connectivity index (χ3v) is 3.15. The lowest BCUT2D eigenvalue weighted by Gasteiger charge is -2.37. The maximum Gasteiger partial charge on any atom is 0.407 e. The van der Waals surface area contributed by atoms with Crippen LogP contribution in [-0.4, -0.2) is 18.7 Å². The Balaban J connectivity index is 1.88. The van der Waals surface area contributed by atoms with Gasteiger partial charge in [-0.1, -0.05) is 12.2 Å². The topological polar surface area (TPSA) is 38.3 Å². The van der Waals surface area contributed by atoms with Crippen LogP contribution in [0.15, 0.2) is 12.2 Å². The van der Waals surface area contributed by atoms with Gasteiger partial charge in [0.05, 0.1) is 6.61 Å². The molecule has 3 aliphatic rings. The molecular weight excluding hydrogens is 178 g/mol. The Morgan fingerprint density at radius 2 is 2.36 bits per heavy atom. The van der Waals surface area contributed by atoms with Gasteiger partial charge >= 0.3 is 6.09 Å². The molecule has 0 radical (unpaired) electrons. The van der Waals surface area contributed by atoms with Crippen molar-refractivity contribution in [2.45, 2.75) is 32.2 Å². The van der Waals surface area contributed by atoms with Gasteiger partial charge in [0.2, 0.25) is 0 Å². The minimum Gasteiger partial charge on any atom is -0.450 e. The summed E-state index contributed by atoms with van der Waals surface area (Å²) in [4.78, 5) is 11.2. The lowest BCUT2D eigenvalue weighted by Crippen LogP contribution is -2.45. The molecular formula is C11H17NO2. The molecule has 1 N–H and O–H groups in total. The maximum absolute atomic E-state index is 11.2. The Morgan fingerprint density at radius 3 is 2.86 bits per heavy atom. The second-order valence-electron chi connectivity index (χ2n) is 4.09.